The Morgan fingerprint density at radius 3 is 2.47 bits per heavy atom. The van der Waals surface area contributed by atoms with Crippen molar-refractivity contribution in [2.24, 2.45) is 0 Å². The molecule has 2 aromatic heterocycles. The fourth-order valence-electron chi connectivity index (χ4n) is 5.71. The Kier molecular flexibility index (Phi) is 5.06. The van der Waals surface area contributed by atoms with Gasteiger partial charge in [0.1, 0.15) is 17.5 Å². The van der Waals surface area contributed by atoms with Crippen LogP contribution in [0.2, 0.25) is 0 Å². The molecular weight excluding hydrogens is 550 g/mol. The van der Waals surface area contributed by atoms with Crippen molar-refractivity contribution in [2.75, 3.05) is 35.0 Å². The summed E-state index contributed by atoms with van der Waals surface area (Å²) >= 11 is 3.59. The number of hydrogen-bond donors (Lipinski definition) is 1. The number of likely N-dealkylation sites (N-methyl/N-ethyl adjacent to an activating group) is 1. The van der Waals surface area contributed by atoms with Crippen molar-refractivity contribution >= 4 is 61.1 Å². The van der Waals surface area contributed by atoms with Gasteiger partial charge >= 0.3 is 11.6 Å². The number of anilines is 3. The van der Waals surface area contributed by atoms with E-state index in [9.17, 15) is 14.7 Å². The maximum absolute atomic E-state index is 13.3. The summed E-state index contributed by atoms with van der Waals surface area (Å²) in [6, 6.07) is 19.7. The Bertz CT molecular complexity index is 1840. The third kappa shape index (κ3) is 3.49. The van der Waals surface area contributed by atoms with Gasteiger partial charge in [-0.05, 0) is 59.2 Å². The summed E-state index contributed by atoms with van der Waals surface area (Å²) in [6.07, 6.45) is 0. The molecule has 5 aromatic rings. The van der Waals surface area contributed by atoms with Crippen LogP contribution in [0.25, 0.3) is 33.1 Å². The SMILES string of the molecule is CN(CC(=O)O)c1oc2c(c1-c1ccc3c(c1)CN1CN3Cc3cc(Br)ccc31)c(=O)oc1ccccc12. The number of carboxylic acid groups (broad SMARTS) is 1. The molecule has 2 aliphatic heterocycles. The number of halogens is 1. The molecule has 0 amide bonds. The zero-order chi connectivity index (χ0) is 26.1. The van der Waals surface area contributed by atoms with Crippen molar-refractivity contribution in [3.8, 4) is 11.1 Å². The van der Waals surface area contributed by atoms with E-state index in [4.69, 9.17) is 8.83 Å². The van der Waals surface area contributed by atoms with Crippen molar-refractivity contribution in [2.45, 2.75) is 13.1 Å². The van der Waals surface area contributed by atoms with Gasteiger partial charge < -0.3 is 28.6 Å². The number of benzene rings is 3. The Labute approximate surface area is 225 Å². The highest BCUT2D eigenvalue weighted by Crippen LogP contribution is 2.44. The molecule has 9 heteroatoms. The minimum Gasteiger partial charge on any atom is -0.480 e. The van der Waals surface area contributed by atoms with Crippen LogP contribution in [0.15, 0.2) is 78.8 Å². The van der Waals surface area contributed by atoms with Gasteiger partial charge in [-0.1, -0.05) is 34.1 Å². The van der Waals surface area contributed by atoms with E-state index in [0.29, 0.717) is 39.9 Å². The quantitative estimate of drug-likeness (QED) is 0.271. The maximum Gasteiger partial charge on any atom is 0.348 e. The summed E-state index contributed by atoms with van der Waals surface area (Å²) in [6.45, 7) is 2.03. The number of rotatable bonds is 4. The van der Waals surface area contributed by atoms with Crippen LogP contribution < -0.4 is 20.3 Å². The van der Waals surface area contributed by atoms with Crippen LogP contribution in [0.3, 0.4) is 0 Å². The fourth-order valence-corrected chi connectivity index (χ4v) is 6.12. The van der Waals surface area contributed by atoms with Crippen molar-refractivity contribution in [1.29, 1.82) is 0 Å². The van der Waals surface area contributed by atoms with E-state index in [1.165, 1.54) is 16.2 Å². The fraction of sp³-hybridized carbons (Fsp3) is 0.172. The molecule has 190 valence electrons. The van der Waals surface area contributed by atoms with E-state index in [1.54, 1.807) is 19.2 Å². The third-order valence-electron chi connectivity index (χ3n) is 7.30. The zero-order valence-corrected chi connectivity index (χ0v) is 22.0. The highest BCUT2D eigenvalue weighted by molar-refractivity contribution is 9.10. The summed E-state index contributed by atoms with van der Waals surface area (Å²) in [5.41, 5.74) is 6.34. The van der Waals surface area contributed by atoms with Gasteiger partial charge in [0, 0.05) is 36.0 Å². The second-order valence-electron chi connectivity index (χ2n) is 9.78. The molecule has 0 aliphatic carbocycles. The predicted octanol–water partition coefficient (Wildman–Crippen LogP) is 5.79. The zero-order valence-electron chi connectivity index (χ0n) is 20.4. The first-order valence-electron chi connectivity index (χ1n) is 12.2. The van der Waals surface area contributed by atoms with Gasteiger partial charge in [-0.25, -0.2) is 4.79 Å². The first kappa shape index (κ1) is 22.9. The average Bonchev–Trinajstić information content (AvgIpc) is 3.30. The molecule has 3 aromatic carbocycles. The minimum atomic E-state index is -1.00. The lowest BCUT2D eigenvalue weighted by Crippen LogP contribution is -2.46. The largest absolute Gasteiger partial charge is 0.480 e. The molecule has 1 N–H and O–H groups in total. The third-order valence-corrected chi connectivity index (χ3v) is 7.80. The normalized spacial score (nSPS) is 14.1. The van der Waals surface area contributed by atoms with E-state index in [2.05, 4.69) is 56.1 Å². The van der Waals surface area contributed by atoms with Crippen LogP contribution in [-0.4, -0.2) is 31.3 Å². The van der Waals surface area contributed by atoms with Crippen LogP contribution in [0, 0.1) is 0 Å². The molecular formula is C29H22BrN3O5. The lowest BCUT2D eigenvalue weighted by Gasteiger charge is -2.45. The second-order valence-corrected chi connectivity index (χ2v) is 10.7. The van der Waals surface area contributed by atoms with Crippen molar-refractivity contribution in [3.63, 3.8) is 0 Å². The van der Waals surface area contributed by atoms with E-state index in [-0.39, 0.29) is 6.54 Å². The smallest absolute Gasteiger partial charge is 0.348 e. The first-order valence-corrected chi connectivity index (χ1v) is 13.0. The van der Waals surface area contributed by atoms with Crippen molar-refractivity contribution in [3.05, 3.63) is 86.7 Å². The topological polar surface area (TPSA) is 90.4 Å². The Morgan fingerprint density at radius 1 is 1.00 bits per heavy atom. The van der Waals surface area contributed by atoms with E-state index >= 15 is 0 Å². The van der Waals surface area contributed by atoms with E-state index < -0.39 is 11.6 Å². The van der Waals surface area contributed by atoms with Gasteiger partial charge in [0.05, 0.1) is 17.6 Å². The van der Waals surface area contributed by atoms with Gasteiger partial charge in [-0.15, -0.1) is 0 Å². The molecule has 2 aliphatic rings. The molecule has 8 nitrogen and oxygen atoms in total. The molecule has 0 radical (unpaired) electrons. The number of hydrogen-bond acceptors (Lipinski definition) is 7. The minimum absolute atomic E-state index is 0.283. The number of fused-ring (bicyclic) bond motifs is 9. The van der Waals surface area contributed by atoms with E-state index in [0.717, 1.165) is 34.5 Å². The number of nitrogens with zero attached hydrogens (tertiary/aromatic N) is 3. The Balaban J connectivity index is 1.42. The van der Waals surface area contributed by atoms with Crippen molar-refractivity contribution < 1.29 is 18.7 Å². The monoisotopic (exact) mass is 571 g/mol. The summed E-state index contributed by atoms with van der Waals surface area (Å²) in [4.78, 5) is 31.0. The van der Waals surface area contributed by atoms with E-state index in [1.807, 2.05) is 18.2 Å². The predicted molar refractivity (Wildman–Crippen MR) is 150 cm³/mol. The molecule has 0 saturated carbocycles. The summed E-state index contributed by atoms with van der Waals surface area (Å²) in [5.74, 6) is -0.683. The van der Waals surface area contributed by atoms with Gasteiger partial charge in [-0.3, -0.25) is 4.79 Å². The number of carbonyl (C=O) groups is 1. The number of para-hydroxylation sites is 1. The van der Waals surface area contributed by atoms with Crippen LogP contribution in [0.5, 0.6) is 0 Å². The van der Waals surface area contributed by atoms with Crippen LogP contribution in [0.1, 0.15) is 11.1 Å². The molecule has 0 unspecified atom stereocenters. The van der Waals surface area contributed by atoms with Gasteiger partial charge in [-0.2, -0.15) is 0 Å². The number of furan rings is 1. The molecule has 7 rings (SSSR count). The van der Waals surface area contributed by atoms with Crippen LogP contribution >= 0.6 is 15.9 Å². The number of carboxylic acids is 1. The Hall–Kier alpha value is -4.24. The molecule has 2 bridgehead atoms. The van der Waals surface area contributed by atoms with Crippen LogP contribution in [-0.2, 0) is 17.9 Å². The first-order chi connectivity index (χ1) is 18.4. The number of aliphatic carboxylic acids is 1. The summed E-state index contributed by atoms with van der Waals surface area (Å²) in [7, 11) is 1.65. The highest BCUT2D eigenvalue weighted by atomic mass is 79.9. The second kappa shape index (κ2) is 8.39. The molecule has 0 atom stereocenters. The average molecular weight is 572 g/mol. The molecule has 4 heterocycles. The van der Waals surface area contributed by atoms with Crippen LogP contribution in [0.4, 0.5) is 17.3 Å². The van der Waals surface area contributed by atoms with Gasteiger partial charge in [0.25, 0.3) is 0 Å². The molecule has 0 saturated heterocycles. The van der Waals surface area contributed by atoms with Crippen molar-refractivity contribution in [1.82, 2.24) is 0 Å². The molecule has 0 spiro atoms. The molecule has 0 fully saturated rings. The Morgan fingerprint density at radius 2 is 1.71 bits per heavy atom. The van der Waals surface area contributed by atoms with Gasteiger partial charge in [0.2, 0.25) is 5.88 Å². The van der Waals surface area contributed by atoms with Gasteiger partial charge in [0.15, 0.2) is 5.58 Å². The lowest BCUT2D eigenvalue weighted by molar-refractivity contribution is -0.135. The standard InChI is InChI=1S/C29H22BrN3O5/c1-31(14-24(34)35)28-25(26-27(38-28)20-4-2-3-5-23(20)37-29(26)36)16-6-8-21-17(10-16)12-32-15-33(21)13-18-11-19(30)7-9-22(18)32/h2-11H,12-15H2,1H3,(H,34,35). The summed E-state index contributed by atoms with van der Waals surface area (Å²) < 4.78 is 13.0. The maximum atomic E-state index is 13.3. The molecule has 38 heavy (non-hydrogen) atoms. The lowest BCUT2D eigenvalue weighted by atomic mass is 9.96. The highest BCUT2D eigenvalue weighted by Gasteiger charge is 2.31. The summed E-state index contributed by atoms with van der Waals surface area (Å²) in [5, 5.41) is 10.4.